The summed E-state index contributed by atoms with van der Waals surface area (Å²) in [4.78, 5) is 14.4. The maximum Gasteiger partial charge on any atom is 0.343 e. The van der Waals surface area contributed by atoms with Crippen molar-refractivity contribution in [3.63, 3.8) is 0 Å². The molecule has 3 rings (SSSR count). The number of fused-ring (bicyclic) bond motifs is 1. The highest BCUT2D eigenvalue weighted by molar-refractivity contribution is 5.84. The number of benzene rings is 1. The second kappa shape index (κ2) is 8.47. The highest BCUT2D eigenvalue weighted by Crippen LogP contribution is 2.28. The van der Waals surface area contributed by atoms with E-state index in [1.165, 1.54) is 0 Å². The molecule has 136 valence electrons. The van der Waals surface area contributed by atoms with Crippen LogP contribution in [0.25, 0.3) is 11.0 Å². The molecular formula is C19H25NO5. The molecule has 1 aromatic carbocycles. The molecule has 1 aliphatic heterocycles. The van der Waals surface area contributed by atoms with Gasteiger partial charge in [0.15, 0.2) is 0 Å². The Morgan fingerprint density at radius 3 is 2.80 bits per heavy atom. The first kappa shape index (κ1) is 17.9. The van der Waals surface area contributed by atoms with Crippen molar-refractivity contribution in [3.8, 4) is 5.75 Å². The highest BCUT2D eigenvalue weighted by Gasteiger charge is 2.19. The lowest BCUT2D eigenvalue weighted by molar-refractivity contribution is 0.00467. The van der Waals surface area contributed by atoms with Gasteiger partial charge >= 0.3 is 5.63 Å². The Bertz CT molecular complexity index is 751. The fraction of sp³-hybridized carbons (Fsp3) is 0.526. The normalized spacial score (nSPS) is 16.9. The van der Waals surface area contributed by atoms with Crippen molar-refractivity contribution in [1.82, 2.24) is 4.90 Å². The summed E-state index contributed by atoms with van der Waals surface area (Å²) in [5.74, 6) is 0.537. The van der Waals surface area contributed by atoms with E-state index in [4.69, 9.17) is 13.9 Å². The molecule has 6 heteroatoms. The molecule has 1 aromatic heterocycles. The van der Waals surface area contributed by atoms with Crippen LogP contribution in [0.2, 0.25) is 0 Å². The lowest BCUT2D eigenvalue weighted by atomic mass is 10.1. The van der Waals surface area contributed by atoms with Gasteiger partial charge in [-0.1, -0.05) is 25.5 Å². The van der Waals surface area contributed by atoms with Crippen molar-refractivity contribution in [2.45, 2.75) is 25.9 Å². The van der Waals surface area contributed by atoms with Crippen LogP contribution >= 0.6 is 0 Å². The van der Waals surface area contributed by atoms with E-state index in [-0.39, 0.29) is 12.2 Å². The Balaban J connectivity index is 1.77. The van der Waals surface area contributed by atoms with Gasteiger partial charge in [-0.05, 0) is 18.6 Å². The number of hydrogen-bond acceptors (Lipinski definition) is 6. The number of nitrogens with zero attached hydrogens (tertiary/aromatic N) is 1. The molecule has 1 atom stereocenters. The van der Waals surface area contributed by atoms with Gasteiger partial charge in [-0.2, -0.15) is 0 Å². The van der Waals surface area contributed by atoms with Crippen molar-refractivity contribution < 1.29 is 19.0 Å². The monoisotopic (exact) mass is 347 g/mol. The largest absolute Gasteiger partial charge is 0.490 e. The minimum absolute atomic E-state index is 0.140. The van der Waals surface area contributed by atoms with Crippen LogP contribution in [0.15, 0.2) is 33.5 Å². The second-order valence-corrected chi connectivity index (χ2v) is 6.32. The van der Waals surface area contributed by atoms with E-state index in [9.17, 15) is 9.90 Å². The molecule has 1 fully saturated rings. The molecular weight excluding hydrogens is 322 g/mol. The summed E-state index contributed by atoms with van der Waals surface area (Å²) in [5, 5.41) is 11.1. The Morgan fingerprint density at radius 1 is 1.28 bits per heavy atom. The Labute approximate surface area is 147 Å². The number of β-amino-alcohol motifs (C(OH)–C–C–N with tert-alkyl or cyclic N) is 1. The summed E-state index contributed by atoms with van der Waals surface area (Å²) in [6, 6.07) is 7.33. The Hall–Kier alpha value is -1.89. The number of rotatable bonds is 7. The second-order valence-electron chi connectivity index (χ2n) is 6.32. The third-order valence-electron chi connectivity index (χ3n) is 4.35. The molecule has 6 nitrogen and oxygen atoms in total. The van der Waals surface area contributed by atoms with Crippen LogP contribution in [0.1, 0.15) is 18.9 Å². The lowest BCUT2D eigenvalue weighted by Gasteiger charge is -2.28. The fourth-order valence-electron chi connectivity index (χ4n) is 3.10. The smallest absolute Gasteiger partial charge is 0.343 e. The van der Waals surface area contributed by atoms with E-state index >= 15 is 0 Å². The van der Waals surface area contributed by atoms with Crippen LogP contribution in [-0.4, -0.2) is 55.6 Å². The molecule has 25 heavy (non-hydrogen) atoms. The van der Waals surface area contributed by atoms with Crippen molar-refractivity contribution >= 4 is 11.0 Å². The zero-order valence-corrected chi connectivity index (χ0v) is 14.6. The summed E-state index contributed by atoms with van der Waals surface area (Å²) in [7, 11) is 0. The average molecular weight is 347 g/mol. The van der Waals surface area contributed by atoms with E-state index in [2.05, 4.69) is 4.90 Å². The quantitative estimate of drug-likeness (QED) is 0.770. The molecule has 2 heterocycles. The van der Waals surface area contributed by atoms with Gasteiger partial charge in [0.1, 0.15) is 24.0 Å². The third kappa shape index (κ3) is 4.39. The Morgan fingerprint density at radius 2 is 2.04 bits per heavy atom. The maximum absolute atomic E-state index is 12.3. The highest BCUT2D eigenvalue weighted by atomic mass is 16.5. The summed E-state index contributed by atoms with van der Waals surface area (Å²) < 4.78 is 16.6. The van der Waals surface area contributed by atoms with Crippen molar-refractivity contribution in [1.29, 1.82) is 0 Å². The average Bonchev–Trinajstić information content (AvgIpc) is 2.62. The third-order valence-corrected chi connectivity index (χ3v) is 4.35. The molecule has 0 radical (unpaired) electrons. The summed E-state index contributed by atoms with van der Waals surface area (Å²) in [5.41, 5.74) is 0.683. The van der Waals surface area contributed by atoms with Crippen LogP contribution in [-0.2, 0) is 11.2 Å². The van der Waals surface area contributed by atoms with Crippen LogP contribution < -0.4 is 10.4 Å². The minimum atomic E-state index is -0.626. The fourth-order valence-corrected chi connectivity index (χ4v) is 3.10. The van der Waals surface area contributed by atoms with Gasteiger partial charge in [-0.25, -0.2) is 4.79 Å². The summed E-state index contributed by atoms with van der Waals surface area (Å²) in [6.45, 7) is 5.70. The molecule has 0 bridgehead atoms. The van der Waals surface area contributed by atoms with E-state index in [0.29, 0.717) is 43.1 Å². The summed E-state index contributed by atoms with van der Waals surface area (Å²) >= 11 is 0. The van der Waals surface area contributed by atoms with Crippen LogP contribution in [0, 0.1) is 0 Å². The number of ether oxygens (including phenoxy) is 2. The molecule has 1 aliphatic rings. The van der Waals surface area contributed by atoms with Gasteiger partial charge in [0.2, 0.25) is 0 Å². The number of hydrogen-bond donors (Lipinski definition) is 1. The Kier molecular flexibility index (Phi) is 6.07. The van der Waals surface area contributed by atoms with Crippen molar-refractivity contribution in [3.05, 3.63) is 40.2 Å². The van der Waals surface area contributed by atoms with Crippen molar-refractivity contribution in [2.24, 2.45) is 0 Å². The zero-order valence-electron chi connectivity index (χ0n) is 14.6. The lowest BCUT2D eigenvalue weighted by Crippen LogP contribution is -2.42. The van der Waals surface area contributed by atoms with Gasteiger partial charge in [0.25, 0.3) is 0 Å². The first-order chi connectivity index (χ1) is 12.2. The van der Waals surface area contributed by atoms with Crippen LogP contribution in [0.3, 0.4) is 0 Å². The maximum atomic E-state index is 12.3. The zero-order chi connectivity index (χ0) is 17.6. The number of para-hydroxylation sites is 1. The topological polar surface area (TPSA) is 72.1 Å². The van der Waals surface area contributed by atoms with Gasteiger partial charge in [-0.3, -0.25) is 4.90 Å². The standard InChI is InChI=1S/C19H25NO5/c1-2-5-16-18(15-6-3-4-7-17(15)25-19(16)22)24-13-14(21)12-20-8-10-23-11-9-20/h3-4,6-7,14,21H,2,5,8-13H2,1H3. The van der Waals surface area contributed by atoms with Gasteiger partial charge in [0, 0.05) is 19.6 Å². The molecule has 1 saturated heterocycles. The van der Waals surface area contributed by atoms with E-state index in [1.807, 2.05) is 25.1 Å². The van der Waals surface area contributed by atoms with E-state index in [1.54, 1.807) is 6.07 Å². The molecule has 0 amide bonds. The van der Waals surface area contributed by atoms with Gasteiger partial charge in [0.05, 0.1) is 24.2 Å². The molecule has 0 aliphatic carbocycles. The van der Waals surface area contributed by atoms with Crippen LogP contribution in [0.4, 0.5) is 0 Å². The van der Waals surface area contributed by atoms with Gasteiger partial charge in [-0.15, -0.1) is 0 Å². The predicted octanol–water partition coefficient (Wildman–Crippen LogP) is 1.82. The van der Waals surface area contributed by atoms with Gasteiger partial charge < -0.3 is 19.0 Å². The summed E-state index contributed by atoms with van der Waals surface area (Å²) in [6.07, 6.45) is 0.774. The molecule has 1 N–H and O–H groups in total. The molecule has 1 unspecified atom stereocenters. The first-order valence-electron chi connectivity index (χ1n) is 8.84. The van der Waals surface area contributed by atoms with E-state index in [0.717, 1.165) is 24.9 Å². The minimum Gasteiger partial charge on any atom is -0.490 e. The number of morpholine rings is 1. The molecule has 2 aromatic rings. The van der Waals surface area contributed by atoms with Crippen molar-refractivity contribution in [2.75, 3.05) is 39.5 Å². The number of aliphatic hydroxyl groups excluding tert-OH is 1. The molecule has 0 spiro atoms. The SMILES string of the molecule is CCCc1c(OCC(O)CN2CCOCC2)c2ccccc2oc1=O. The van der Waals surface area contributed by atoms with Crippen LogP contribution in [0.5, 0.6) is 5.75 Å². The number of aliphatic hydroxyl groups is 1. The molecule has 0 saturated carbocycles. The predicted molar refractivity (Wildman–Crippen MR) is 95.2 cm³/mol. The van der Waals surface area contributed by atoms with E-state index < -0.39 is 6.10 Å². The first-order valence-corrected chi connectivity index (χ1v) is 8.84.